The second-order valence-corrected chi connectivity index (χ2v) is 17.1. The van der Waals surface area contributed by atoms with E-state index in [1.165, 1.54) is 19.1 Å². The number of amides is 4. The molecule has 17 heteroatoms. The van der Waals surface area contributed by atoms with Gasteiger partial charge in [0.05, 0.1) is 37.2 Å². The molecule has 1 unspecified atom stereocenters. The van der Waals surface area contributed by atoms with Crippen LogP contribution in [-0.2, 0) is 32.2 Å². The number of rotatable bonds is 15. The van der Waals surface area contributed by atoms with E-state index in [0.29, 0.717) is 66.8 Å². The van der Waals surface area contributed by atoms with E-state index >= 15 is 0 Å². The highest BCUT2D eigenvalue weighted by molar-refractivity contribution is 6.15. The van der Waals surface area contributed by atoms with Gasteiger partial charge in [0, 0.05) is 60.2 Å². The predicted octanol–water partition coefficient (Wildman–Crippen LogP) is 7.34. The molecule has 354 valence electrons. The summed E-state index contributed by atoms with van der Waals surface area (Å²) in [6.07, 6.45) is 0.357. The summed E-state index contributed by atoms with van der Waals surface area (Å²) < 4.78 is 35.2. The van der Waals surface area contributed by atoms with Crippen molar-refractivity contribution in [3.63, 3.8) is 0 Å². The monoisotopic (exact) mass is 934 g/mol. The average molecular weight is 935 g/mol. The van der Waals surface area contributed by atoms with Crippen LogP contribution in [-0.4, -0.2) is 92.3 Å². The fourth-order valence-electron chi connectivity index (χ4n) is 8.86. The average Bonchev–Trinajstić information content (AvgIpc) is 3.96. The SMILES string of the molecule is COc1cc2c(=O)n(CCN(C)C(=O)OCc3ccc(NC(=O)CNC(=O)C(NC(=O)OCC4c5ccccc5-c5ccccc54)C(C)C)cc3)c3c4cc5c(cc4ncc3c2cc1OC)OCO5. The Balaban J connectivity index is 0.777. The molecule has 0 saturated heterocycles. The highest BCUT2D eigenvalue weighted by Crippen LogP contribution is 2.45. The number of nitrogens with one attached hydrogen (secondary N) is 3. The van der Waals surface area contributed by atoms with Crippen molar-refractivity contribution in [2.45, 2.75) is 39.0 Å². The molecule has 7 aromatic rings. The van der Waals surface area contributed by atoms with E-state index in [1.807, 2.05) is 42.5 Å². The summed E-state index contributed by atoms with van der Waals surface area (Å²) >= 11 is 0. The van der Waals surface area contributed by atoms with Crippen molar-refractivity contribution in [3.05, 3.63) is 130 Å². The van der Waals surface area contributed by atoms with Crippen LogP contribution < -0.4 is 40.5 Å². The lowest BCUT2D eigenvalue weighted by atomic mass is 9.98. The van der Waals surface area contributed by atoms with Gasteiger partial charge in [-0.2, -0.15) is 0 Å². The first-order valence-corrected chi connectivity index (χ1v) is 22.4. The summed E-state index contributed by atoms with van der Waals surface area (Å²) in [6, 6.07) is 28.8. The summed E-state index contributed by atoms with van der Waals surface area (Å²) in [7, 11) is 4.61. The number of ether oxygens (including phenoxy) is 6. The third-order valence-electron chi connectivity index (χ3n) is 12.5. The number of fused-ring (bicyclic) bond motifs is 9. The van der Waals surface area contributed by atoms with E-state index in [0.717, 1.165) is 22.3 Å². The van der Waals surface area contributed by atoms with Gasteiger partial charge in [0.25, 0.3) is 5.56 Å². The summed E-state index contributed by atoms with van der Waals surface area (Å²) in [4.78, 5) is 72.7. The first-order valence-electron chi connectivity index (χ1n) is 22.4. The van der Waals surface area contributed by atoms with Crippen molar-refractivity contribution in [2.75, 3.05) is 53.1 Å². The zero-order valence-electron chi connectivity index (χ0n) is 38.6. The predicted molar refractivity (Wildman–Crippen MR) is 258 cm³/mol. The molecule has 1 aliphatic heterocycles. The van der Waals surface area contributed by atoms with Crippen molar-refractivity contribution in [1.82, 2.24) is 25.1 Å². The number of hydrogen-bond acceptors (Lipinski definition) is 12. The number of methoxy groups -OCH3 is 2. The molecule has 69 heavy (non-hydrogen) atoms. The Morgan fingerprint density at radius 2 is 1.46 bits per heavy atom. The molecule has 3 N–H and O–H groups in total. The molecule has 1 aliphatic carbocycles. The first kappa shape index (κ1) is 45.8. The second kappa shape index (κ2) is 19.5. The van der Waals surface area contributed by atoms with Gasteiger partial charge in [-0.3, -0.25) is 19.4 Å². The number of likely N-dealkylation sites (N-methyl/N-ethyl adjacent to an activating group) is 1. The van der Waals surface area contributed by atoms with E-state index in [4.69, 9.17) is 33.4 Å². The number of pyridine rings is 2. The zero-order chi connectivity index (χ0) is 48.3. The number of benzene rings is 5. The number of carbonyl (C=O) groups is 4. The number of carbonyl (C=O) groups excluding carboxylic acids is 4. The van der Waals surface area contributed by atoms with Gasteiger partial charge in [0.1, 0.15) is 19.3 Å². The minimum Gasteiger partial charge on any atom is -0.493 e. The largest absolute Gasteiger partial charge is 0.493 e. The zero-order valence-corrected chi connectivity index (χ0v) is 38.6. The van der Waals surface area contributed by atoms with E-state index in [2.05, 4.69) is 28.1 Å². The van der Waals surface area contributed by atoms with E-state index in [1.54, 1.807) is 74.1 Å². The van der Waals surface area contributed by atoms with Crippen molar-refractivity contribution in [1.29, 1.82) is 0 Å². The number of nitrogens with zero attached hydrogens (tertiary/aromatic N) is 3. The highest BCUT2D eigenvalue weighted by Gasteiger charge is 2.31. The second-order valence-electron chi connectivity index (χ2n) is 17.1. The van der Waals surface area contributed by atoms with Crippen LogP contribution >= 0.6 is 0 Å². The quantitative estimate of drug-likeness (QED) is 0.0867. The number of hydrogen-bond donors (Lipinski definition) is 3. The lowest BCUT2D eigenvalue weighted by Crippen LogP contribution is -2.51. The Labute approximate surface area is 396 Å². The minimum absolute atomic E-state index is 0.0648. The fraction of sp³-hybridized carbons (Fsp3) is 0.269. The van der Waals surface area contributed by atoms with Gasteiger partial charge in [-0.15, -0.1) is 0 Å². The fourth-order valence-corrected chi connectivity index (χ4v) is 8.86. The number of aromatic nitrogens is 2. The Kier molecular flexibility index (Phi) is 12.9. The molecule has 0 radical (unpaired) electrons. The highest BCUT2D eigenvalue weighted by atomic mass is 16.7. The molecule has 0 saturated carbocycles. The molecule has 0 bridgehead atoms. The van der Waals surface area contributed by atoms with Gasteiger partial charge in [-0.25, -0.2) is 9.59 Å². The van der Waals surface area contributed by atoms with Gasteiger partial charge >= 0.3 is 12.2 Å². The summed E-state index contributed by atoms with van der Waals surface area (Å²) in [5.74, 6) is 0.481. The van der Waals surface area contributed by atoms with Crippen molar-refractivity contribution < 1.29 is 47.6 Å². The summed E-state index contributed by atoms with van der Waals surface area (Å²) in [6.45, 7) is 3.56. The van der Waals surface area contributed by atoms with Crippen LogP contribution in [0.25, 0.3) is 43.7 Å². The number of anilines is 1. The lowest BCUT2D eigenvalue weighted by Gasteiger charge is -2.22. The Morgan fingerprint density at radius 3 is 2.13 bits per heavy atom. The molecule has 5 aromatic carbocycles. The molecular weight excluding hydrogens is 885 g/mol. The standard InChI is InChI=1S/C52H50N6O11/c1-29(2)47(56-51(62)66-27-40-34-12-8-6-10-32(34)33-11-7-9-13-35(33)40)49(60)54-25-46(59)55-31-16-14-30(15-17-31)26-67-52(63)57(3)18-19-58-48-38-22-44-45(69-28-68-44)23-41(38)53-24-39(48)36-20-42(64-4)43(65-5)21-37(36)50(58)61/h6-17,20-24,29,40,47H,18-19,25-28H2,1-5H3,(H,54,60)(H,55,59)(H,56,62). The molecule has 2 aliphatic rings. The maximum Gasteiger partial charge on any atom is 0.409 e. The molecule has 0 spiro atoms. The molecule has 3 heterocycles. The van der Waals surface area contributed by atoms with E-state index in [-0.39, 0.29) is 57.0 Å². The maximum atomic E-state index is 14.3. The normalized spacial score (nSPS) is 12.9. The molecule has 2 aromatic heterocycles. The lowest BCUT2D eigenvalue weighted by molar-refractivity contribution is -0.126. The van der Waals surface area contributed by atoms with Gasteiger partial charge in [0.15, 0.2) is 23.0 Å². The number of alkyl carbamates (subject to hydrolysis) is 1. The summed E-state index contributed by atoms with van der Waals surface area (Å²) in [5.41, 5.74) is 6.36. The van der Waals surface area contributed by atoms with Gasteiger partial charge in [-0.05, 0) is 64.1 Å². The van der Waals surface area contributed by atoms with Gasteiger partial charge in [0.2, 0.25) is 18.6 Å². The Bertz CT molecular complexity index is 3160. The van der Waals surface area contributed by atoms with Crippen molar-refractivity contribution in [3.8, 4) is 34.1 Å². The summed E-state index contributed by atoms with van der Waals surface area (Å²) in [5, 5.41) is 10.4. The Morgan fingerprint density at radius 1 is 0.812 bits per heavy atom. The van der Waals surface area contributed by atoms with Crippen LogP contribution in [0.3, 0.4) is 0 Å². The Hall–Kier alpha value is -8.34. The van der Waals surface area contributed by atoms with Gasteiger partial charge in [-0.1, -0.05) is 74.5 Å². The van der Waals surface area contributed by atoms with Gasteiger partial charge < -0.3 is 53.8 Å². The first-order chi connectivity index (χ1) is 33.4. The van der Waals surface area contributed by atoms with E-state index in [9.17, 15) is 24.0 Å². The molecular formula is C52H50N6O11. The molecule has 1 atom stereocenters. The maximum absolute atomic E-state index is 14.3. The van der Waals surface area contributed by atoms with Crippen molar-refractivity contribution >= 4 is 62.3 Å². The minimum atomic E-state index is -0.949. The van der Waals surface area contributed by atoms with Crippen molar-refractivity contribution in [2.24, 2.45) is 5.92 Å². The third-order valence-corrected chi connectivity index (χ3v) is 12.5. The smallest absolute Gasteiger partial charge is 0.409 e. The van der Waals surface area contributed by atoms with Crippen LogP contribution in [0.5, 0.6) is 23.0 Å². The molecule has 0 fully saturated rings. The van der Waals surface area contributed by atoms with Crippen LogP contribution in [0.15, 0.2) is 108 Å². The molecule has 4 amide bonds. The third kappa shape index (κ3) is 9.22. The topological polar surface area (TPSA) is 198 Å². The molecule has 17 nitrogen and oxygen atoms in total. The van der Waals surface area contributed by atoms with Crippen LogP contribution in [0.4, 0.5) is 15.3 Å². The van der Waals surface area contributed by atoms with Crippen LogP contribution in [0, 0.1) is 5.92 Å². The van der Waals surface area contributed by atoms with E-state index < -0.39 is 30.0 Å². The van der Waals surface area contributed by atoms with Crippen LogP contribution in [0.2, 0.25) is 0 Å². The van der Waals surface area contributed by atoms with Crippen LogP contribution in [0.1, 0.15) is 36.5 Å². The molecule has 9 rings (SSSR count).